The first kappa shape index (κ1) is 24.5. The highest BCUT2D eigenvalue weighted by atomic mass is 16.7. The van der Waals surface area contributed by atoms with Crippen LogP contribution in [0, 0.1) is 0 Å². The Labute approximate surface area is 206 Å². The molecule has 3 amide bonds. The molecule has 11 heteroatoms. The van der Waals surface area contributed by atoms with Crippen molar-refractivity contribution in [2.75, 3.05) is 25.2 Å². The number of carbonyl (C=O) groups is 3. The van der Waals surface area contributed by atoms with E-state index in [0.29, 0.717) is 34.9 Å². The van der Waals surface area contributed by atoms with Crippen molar-refractivity contribution >= 4 is 23.4 Å². The molecule has 0 radical (unpaired) electrons. The SMILES string of the molecule is CCC(=O)Nc1ccc(C(=O)NCCNC(=O)Cn2nc(-c3ccc4c(c3)OCO4)ccc2=O)cc1. The molecule has 0 atom stereocenters. The van der Waals surface area contributed by atoms with Crippen molar-refractivity contribution in [1.82, 2.24) is 20.4 Å². The Morgan fingerprint density at radius 2 is 1.67 bits per heavy atom. The highest BCUT2D eigenvalue weighted by molar-refractivity contribution is 5.95. The molecular formula is C25H25N5O6. The average molecular weight is 492 g/mol. The van der Waals surface area contributed by atoms with E-state index in [1.165, 1.54) is 6.07 Å². The van der Waals surface area contributed by atoms with E-state index in [9.17, 15) is 19.2 Å². The first-order valence-electron chi connectivity index (χ1n) is 11.4. The standard InChI is InChI=1S/C25H25N5O6/c1-2-22(31)28-18-6-3-16(4-7-18)25(34)27-12-11-26-23(32)14-30-24(33)10-8-19(29-30)17-5-9-20-21(13-17)36-15-35-20/h3-10,13H,2,11-12,14-15H2,1H3,(H,26,32)(H,27,34)(H,28,31). The van der Waals surface area contributed by atoms with Gasteiger partial charge in [0, 0.05) is 42.4 Å². The van der Waals surface area contributed by atoms with Gasteiger partial charge in [0.1, 0.15) is 6.54 Å². The van der Waals surface area contributed by atoms with Crippen molar-refractivity contribution in [3.8, 4) is 22.8 Å². The summed E-state index contributed by atoms with van der Waals surface area (Å²) in [6.07, 6.45) is 0.365. The Morgan fingerprint density at radius 3 is 2.44 bits per heavy atom. The first-order valence-corrected chi connectivity index (χ1v) is 11.4. The second kappa shape index (κ2) is 11.2. The molecule has 0 bridgehead atoms. The second-order valence-electron chi connectivity index (χ2n) is 7.87. The van der Waals surface area contributed by atoms with Crippen LogP contribution in [0.1, 0.15) is 23.7 Å². The molecule has 0 aliphatic carbocycles. The lowest BCUT2D eigenvalue weighted by molar-refractivity contribution is -0.122. The fraction of sp³-hybridized carbons (Fsp3) is 0.240. The molecule has 0 spiro atoms. The third kappa shape index (κ3) is 6.06. The molecule has 1 aliphatic rings. The summed E-state index contributed by atoms with van der Waals surface area (Å²) in [5, 5.41) is 12.4. The number of carbonyl (C=O) groups excluding carboxylic acids is 3. The number of hydrogen-bond donors (Lipinski definition) is 3. The smallest absolute Gasteiger partial charge is 0.267 e. The molecule has 1 aliphatic heterocycles. The highest BCUT2D eigenvalue weighted by Crippen LogP contribution is 2.35. The Morgan fingerprint density at radius 1 is 0.917 bits per heavy atom. The number of rotatable bonds is 9. The van der Waals surface area contributed by atoms with E-state index < -0.39 is 11.5 Å². The molecule has 0 unspecified atom stereocenters. The van der Waals surface area contributed by atoms with Crippen LogP contribution in [-0.4, -0.2) is 47.4 Å². The molecule has 3 N–H and O–H groups in total. The monoisotopic (exact) mass is 491 g/mol. The molecular weight excluding hydrogens is 466 g/mol. The molecule has 0 saturated carbocycles. The topological polar surface area (TPSA) is 141 Å². The summed E-state index contributed by atoms with van der Waals surface area (Å²) in [4.78, 5) is 48.2. The zero-order valence-electron chi connectivity index (χ0n) is 19.6. The maximum absolute atomic E-state index is 12.3. The van der Waals surface area contributed by atoms with Gasteiger partial charge in [-0.1, -0.05) is 6.92 Å². The Bertz CT molecular complexity index is 1340. The number of benzene rings is 2. The van der Waals surface area contributed by atoms with Crippen molar-refractivity contribution in [3.05, 3.63) is 70.5 Å². The molecule has 3 aromatic rings. The van der Waals surface area contributed by atoms with Gasteiger partial charge >= 0.3 is 0 Å². The van der Waals surface area contributed by atoms with Gasteiger partial charge in [-0.2, -0.15) is 5.10 Å². The number of hydrogen-bond acceptors (Lipinski definition) is 7. The molecule has 0 fully saturated rings. The number of amides is 3. The fourth-order valence-corrected chi connectivity index (χ4v) is 3.40. The highest BCUT2D eigenvalue weighted by Gasteiger charge is 2.15. The van der Waals surface area contributed by atoms with Gasteiger partial charge in [0.25, 0.3) is 11.5 Å². The minimum atomic E-state index is -0.419. The summed E-state index contributed by atoms with van der Waals surface area (Å²) in [6.45, 7) is 2.00. The van der Waals surface area contributed by atoms with Gasteiger partial charge in [0.15, 0.2) is 11.5 Å². The fourth-order valence-electron chi connectivity index (χ4n) is 3.40. The van der Waals surface area contributed by atoms with Gasteiger partial charge in [-0.25, -0.2) is 4.68 Å². The van der Waals surface area contributed by atoms with Gasteiger partial charge in [-0.15, -0.1) is 0 Å². The van der Waals surface area contributed by atoms with Gasteiger partial charge in [-0.05, 0) is 48.5 Å². The predicted molar refractivity (Wildman–Crippen MR) is 131 cm³/mol. The average Bonchev–Trinajstić information content (AvgIpc) is 3.36. The van der Waals surface area contributed by atoms with Crippen molar-refractivity contribution in [1.29, 1.82) is 0 Å². The summed E-state index contributed by atoms with van der Waals surface area (Å²) in [5.41, 5.74) is 1.84. The number of fused-ring (bicyclic) bond motifs is 1. The van der Waals surface area contributed by atoms with E-state index in [0.717, 1.165) is 10.2 Å². The molecule has 11 nitrogen and oxygen atoms in total. The summed E-state index contributed by atoms with van der Waals surface area (Å²) < 4.78 is 11.8. The van der Waals surface area contributed by atoms with E-state index in [2.05, 4.69) is 21.0 Å². The minimum absolute atomic E-state index is 0.111. The number of anilines is 1. The molecule has 4 rings (SSSR count). The predicted octanol–water partition coefficient (Wildman–Crippen LogP) is 1.53. The zero-order valence-corrected chi connectivity index (χ0v) is 19.6. The van der Waals surface area contributed by atoms with Gasteiger partial charge in [-0.3, -0.25) is 19.2 Å². The molecule has 186 valence electrons. The van der Waals surface area contributed by atoms with Crippen LogP contribution in [0.4, 0.5) is 5.69 Å². The van der Waals surface area contributed by atoms with Crippen LogP contribution in [0.25, 0.3) is 11.3 Å². The quantitative estimate of drug-likeness (QED) is 0.386. The lowest BCUT2D eigenvalue weighted by atomic mass is 10.1. The van der Waals surface area contributed by atoms with Crippen LogP contribution in [0.3, 0.4) is 0 Å². The Balaban J connectivity index is 1.26. The summed E-state index contributed by atoms with van der Waals surface area (Å²) in [7, 11) is 0. The third-order valence-corrected chi connectivity index (χ3v) is 5.31. The van der Waals surface area contributed by atoms with Gasteiger partial charge in [0.05, 0.1) is 5.69 Å². The lowest BCUT2D eigenvalue weighted by Crippen LogP contribution is -2.38. The first-order chi connectivity index (χ1) is 17.4. The van der Waals surface area contributed by atoms with Crippen LogP contribution in [0.2, 0.25) is 0 Å². The van der Waals surface area contributed by atoms with Crippen LogP contribution >= 0.6 is 0 Å². The Hall–Kier alpha value is -4.67. The molecule has 1 aromatic heterocycles. The number of nitrogens with zero attached hydrogens (tertiary/aromatic N) is 2. The number of ether oxygens (including phenoxy) is 2. The Kier molecular flexibility index (Phi) is 7.59. The zero-order chi connectivity index (χ0) is 25.5. The molecule has 36 heavy (non-hydrogen) atoms. The van der Waals surface area contributed by atoms with E-state index >= 15 is 0 Å². The van der Waals surface area contributed by atoms with Gasteiger partial charge < -0.3 is 25.4 Å². The van der Waals surface area contributed by atoms with Crippen molar-refractivity contribution in [3.63, 3.8) is 0 Å². The number of aromatic nitrogens is 2. The van der Waals surface area contributed by atoms with Crippen molar-refractivity contribution in [2.45, 2.75) is 19.9 Å². The molecule has 2 heterocycles. The van der Waals surface area contributed by atoms with Crippen LogP contribution in [0.15, 0.2) is 59.4 Å². The van der Waals surface area contributed by atoms with Crippen LogP contribution in [0.5, 0.6) is 11.5 Å². The van der Waals surface area contributed by atoms with E-state index in [4.69, 9.17) is 9.47 Å². The molecule has 2 aromatic carbocycles. The maximum Gasteiger partial charge on any atom is 0.267 e. The summed E-state index contributed by atoms with van der Waals surface area (Å²) in [6, 6.07) is 14.7. The van der Waals surface area contributed by atoms with E-state index in [-0.39, 0.29) is 38.2 Å². The minimum Gasteiger partial charge on any atom is -0.454 e. The van der Waals surface area contributed by atoms with Crippen molar-refractivity contribution in [2.24, 2.45) is 0 Å². The van der Waals surface area contributed by atoms with Crippen molar-refractivity contribution < 1.29 is 23.9 Å². The van der Waals surface area contributed by atoms with Crippen LogP contribution < -0.4 is 31.0 Å². The van der Waals surface area contributed by atoms with Crippen LogP contribution in [-0.2, 0) is 16.1 Å². The molecule has 0 saturated heterocycles. The summed E-state index contributed by atoms with van der Waals surface area (Å²) >= 11 is 0. The summed E-state index contributed by atoms with van der Waals surface area (Å²) in [5.74, 6) is 0.381. The second-order valence-corrected chi connectivity index (χ2v) is 7.87. The largest absolute Gasteiger partial charge is 0.454 e. The normalized spacial score (nSPS) is 11.6. The van der Waals surface area contributed by atoms with Gasteiger partial charge in [0.2, 0.25) is 18.6 Å². The van der Waals surface area contributed by atoms with E-state index in [1.807, 2.05) is 0 Å². The van der Waals surface area contributed by atoms with E-state index in [1.54, 1.807) is 55.5 Å². The lowest BCUT2D eigenvalue weighted by Gasteiger charge is -2.10. The maximum atomic E-state index is 12.3. The third-order valence-electron chi connectivity index (χ3n) is 5.31. The number of nitrogens with one attached hydrogen (secondary N) is 3.